The SMILES string of the molecule is C/C=C/C=C/C(O)=C1\C[C@](C)(O)C2(O)O[C@]3(C)C(O)=C(C)C(O)=C(C(=O)CC/C=C/C)[C@H]3C2(C)C1=O. The van der Waals surface area contributed by atoms with Gasteiger partial charge in [0.25, 0.3) is 0 Å². The molecule has 2 aliphatic carbocycles. The molecule has 2 fully saturated rings. The molecule has 0 aromatic carbocycles. The first-order valence-corrected chi connectivity index (χ1v) is 12.0. The molecule has 1 aliphatic heterocycles. The number of carbonyl (C=O) groups excluding carboxylic acids is 2. The predicted octanol–water partition coefficient (Wildman–Crippen LogP) is 4.34. The number of ether oxygens (including phenoxy) is 1. The highest BCUT2D eigenvalue weighted by molar-refractivity contribution is 6.06. The topological polar surface area (TPSA) is 145 Å². The van der Waals surface area contributed by atoms with Crippen molar-refractivity contribution in [3.63, 3.8) is 0 Å². The van der Waals surface area contributed by atoms with E-state index in [0.717, 1.165) is 0 Å². The highest BCUT2D eigenvalue weighted by Gasteiger charge is 2.80. The summed E-state index contributed by atoms with van der Waals surface area (Å²) in [5.74, 6) is -6.52. The summed E-state index contributed by atoms with van der Waals surface area (Å²) in [7, 11) is 0. The first-order valence-electron chi connectivity index (χ1n) is 12.0. The van der Waals surface area contributed by atoms with Gasteiger partial charge in [-0.1, -0.05) is 30.4 Å². The first-order chi connectivity index (χ1) is 16.7. The number of hydrogen-bond donors (Lipinski definition) is 5. The standard InChI is InChI=1S/C28H36O8/c1-7-9-11-13-18(29)17-15-25(4,34)28(35)26(5,24(17)33)22-20(19(30)14-12-10-8-2)21(31)16(3)23(32)27(22,6)36-28/h7-11,13,22,29,31-32,34-35H,12,14-15H2,1-6H3/b9-7+,10-8+,13-11+,18-17-/t22-,25-,26?,27-,28?/m0/s1. The molecular weight excluding hydrogens is 464 g/mol. The fourth-order valence-electron chi connectivity index (χ4n) is 5.98. The van der Waals surface area contributed by atoms with Gasteiger partial charge in [-0.15, -0.1) is 0 Å². The van der Waals surface area contributed by atoms with Gasteiger partial charge in [-0.2, -0.15) is 0 Å². The van der Waals surface area contributed by atoms with Gasteiger partial charge in [0.1, 0.15) is 28.5 Å². The molecule has 5 N–H and O–H groups in total. The van der Waals surface area contributed by atoms with E-state index in [1.54, 1.807) is 31.2 Å². The van der Waals surface area contributed by atoms with Crippen LogP contribution in [0.25, 0.3) is 0 Å². The lowest BCUT2D eigenvalue weighted by atomic mass is 9.52. The van der Waals surface area contributed by atoms with E-state index in [2.05, 4.69) is 0 Å². The zero-order chi connectivity index (χ0) is 27.3. The molecule has 0 radical (unpaired) electrons. The van der Waals surface area contributed by atoms with Crippen LogP contribution in [0, 0.1) is 11.3 Å². The molecule has 36 heavy (non-hydrogen) atoms. The van der Waals surface area contributed by atoms with E-state index < -0.39 is 63.6 Å². The summed E-state index contributed by atoms with van der Waals surface area (Å²) in [5.41, 5.74) is -6.34. The normalized spacial score (nSPS) is 38.4. The summed E-state index contributed by atoms with van der Waals surface area (Å²) in [5, 5.41) is 56.3. The molecule has 1 saturated heterocycles. The van der Waals surface area contributed by atoms with E-state index >= 15 is 0 Å². The number of rotatable bonds is 6. The first kappa shape index (κ1) is 27.6. The van der Waals surface area contributed by atoms with Crippen molar-refractivity contribution < 1.29 is 39.9 Å². The van der Waals surface area contributed by atoms with Crippen LogP contribution in [0.15, 0.2) is 70.5 Å². The highest BCUT2D eigenvalue weighted by Crippen LogP contribution is 2.67. The number of Topliss-reactive ketones (excluding diaryl/α,β-unsaturated/α-hetero) is 2. The Morgan fingerprint density at radius 2 is 1.75 bits per heavy atom. The second kappa shape index (κ2) is 9.18. The summed E-state index contributed by atoms with van der Waals surface area (Å²) in [6.07, 6.45) is 9.68. The largest absolute Gasteiger partial charge is 0.509 e. The average molecular weight is 501 g/mol. The maximum Gasteiger partial charge on any atom is 0.209 e. The van der Waals surface area contributed by atoms with Crippen molar-refractivity contribution in [3.8, 4) is 0 Å². The van der Waals surface area contributed by atoms with Crippen LogP contribution in [0.4, 0.5) is 0 Å². The molecule has 0 bridgehead atoms. The van der Waals surface area contributed by atoms with Crippen LogP contribution < -0.4 is 0 Å². The second-order valence-corrected chi connectivity index (χ2v) is 10.3. The van der Waals surface area contributed by atoms with Crippen LogP contribution in [-0.2, 0) is 14.3 Å². The third-order valence-electron chi connectivity index (χ3n) is 7.85. The zero-order valence-corrected chi connectivity index (χ0v) is 21.6. The number of fused-ring (bicyclic) bond motifs is 3. The van der Waals surface area contributed by atoms with E-state index in [1.165, 1.54) is 39.8 Å². The van der Waals surface area contributed by atoms with Gasteiger partial charge in [-0.05, 0) is 54.0 Å². The minimum Gasteiger partial charge on any atom is -0.509 e. The molecule has 0 aromatic heterocycles. The van der Waals surface area contributed by atoms with Crippen molar-refractivity contribution in [2.24, 2.45) is 11.3 Å². The Morgan fingerprint density at radius 1 is 1.11 bits per heavy atom. The summed E-state index contributed by atoms with van der Waals surface area (Å²) in [6, 6.07) is 0. The molecule has 1 saturated carbocycles. The van der Waals surface area contributed by atoms with Gasteiger partial charge >= 0.3 is 0 Å². The third-order valence-corrected chi connectivity index (χ3v) is 7.85. The van der Waals surface area contributed by atoms with E-state index in [-0.39, 0.29) is 23.1 Å². The van der Waals surface area contributed by atoms with Gasteiger partial charge in [-0.3, -0.25) is 9.59 Å². The summed E-state index contributed by atoms with van der Waals surface area (Å²) in [6.45, 7) is 9.02. The fourth-order valence-corrected chi connectivity index (χ4v) is 5.98. The van der Waals surface area contributed by atoms with Crippen LogP contribution in [0.3, 0.4) is 0 Å². The minimum absolute atomic E-state index is 0.00346. The molecular formula is C28H36O8. The van der Waals surface area contributed by atoms with Gasteiger partial charge in [0, 0.05) is 35.5 Å². The second-order valence-electron chi connectivity index (χ2n) is 10.3. The number of hydrogen-bond acceptors (Lipinski definition) is 8. The Bertz CT molecular complexity index is 1160. The summed E-state index contributed by atoms with van der Waals surface area (Å²) >= 11 is 0. The van der Waals surface area contributed by atoms with Crippen molar-refractivity contribution in [1.29, 1.82) is 0 Å². The van der Waals surface area contributed by atoms with Crippen molar-refractivity contribution in [2.75, 3.05) is 0 Å². The number of allylic oxidation sites excluding steroid dienone is 7. The van der Waals surface area contributed by atoms with Gasteiger partial charge in [0.05, 0.1) is 5.41 Å². The molecule has 0 spiro atoms. The van der Waals surface area contributed by atoms with Crippen LogP contribution in [0.1, 0.15) is 60.8 Å². The van der Waals surface area contributed by atoms with Crippen molar-refractivity contribution in [3.05, 3.63) is 70.5 Å². The Balaban J connectivity index is 2.32. The molecule has 1 heterocycles. The van der Waals surface area contributed by atoms with Gasteiger partial charge < -0.3 is 30.3 Å². The van der Waals surface area contributed by atoms with E-state index in [0.29, 0.717) is 6.42 Å². The molecule has 8 nitrogen and oxygen atoms in total. The van der Waals surface area contributed by atoms with Crippen molar-refractivity contribution in [1.82, 2.24) is 0 Å². The van der Waals surface area contributed by atoms with Crippen molar-refractivity contribution >= 4 is 11.6 Å². The molecule has 3 aliphatic rings. The quantitative estimate of drug-likeness (QED) is 0.157. The van der Waals surface area contributed by atoms with Crippen LogP contribution in [0.2, 0.25) is 0 Å². The number of aliphatic hydroxyl groups excluding tert-OH is 3. The molecule has 0 amide bonds. The molecule has 5 atom stereocenters. The van der Waals surface area contributed by atoms with E-state index in [1.807, 2.05) is 6.92 Å². The number of aliphatic hydroxyl groups is 5. The molecule has 3 rings (SSSR count). The average Bonchev–Trinajstić information content (AvgIpc) is 3.01. The zero-order valence-electron chi connectivity index (χ0n) is 21.6. The lowest BCUT2D eigenvalue weighted by Gasteiger charge is -2.51. The minimum atomic E-state index is -2.57. The van der Waals surface area contributed by atoms with Crippen molar-refractivity contribution in [2.45, 2.75) is 77.8 Å². The van der Waals surface area contributed by atoms with E-state index in [4.69, 9.17) is 4.74 Å². The third kappa shape index (κ3) is 3.62. The Kier molecular flexibility index (Phi) is 7.05. The maximum absolute atomic E-state index is 14.1. The molecule has 0 aromatic rings. The van der Waals surface area contributed by atoms with Gasteiger partial charge in [0.15, 0.2) is 11.6 Å². The lowest BCUT2D eigenvalue weighted by molar-refractivity contribution is -0.328. The smallest absolute Gasteiger partial charge is 0.209 e. The molecule has 196 valence electrons. The van der Waals surface area contributed by atoms with Crippen LogP contribution in [0.5, 0.6) is 0 Å². The molecule has 2 unspecified atom stereocenters. The maximum atomic E-state index is 14.1. The number of ketones is 2. The summed E-state index contributed by atoms with van der Waals surface area (Å²) < 4.78 is 6.03. The Morgan fingerprint density at radius 3 is 2.33 bits per heavy atom. The van der Waals surface area contributed by atoms with Crippen LogP contribution >= 0.6 is 0 Å². The van der Waals surface area contributed by atoms with E-state index in [9.17, 15) is 35.1 Å². The predicted molar refractivity (Wildman–Crippen MR) is 134 cm³/mol. The highest BCUT2D eigenvalue weighted by atomic mass is 16.7. The van der Waals surface area contributed by atoms with Gasteiger partial charge in [-0.25, -0.2) is 0 Å². The lowest BCUT2D eigenvalue weighted by Crippen LogP contribution is -2.68. The van der Waals surface area contributed by atoms with Gasteiger partial charge in [0.2, 0.25) is 5.79 Å². The molecule has 8 heteroatoms. The monoisotopic (exact) mass is 500 g/mol. The Hall–Kier alpha value is -2.94. The summed E-state index contributed by atoms with van der Waals surface area (Å²) in [4.78, 5) is 27.5. The van der Waals surface area contributed by atoms with Crippen LogP contribution in [-0.4, -0.2) is 54.1 Å². The fraction of sp³-hybridized carbons (Fsp3) is 0.500. The number of carbonyl (C=O) groups is 2. The Labute approximate surface area is 211 Å².